The van der Waals surface area contributed by atoms with Crippen molar-refractivity contribution in [1.29, 1.82) is 0 Å². The lowest BCUT2D eigenvalue weighted by molar-refractivity contribution is -0.137. The summed E-state index contributed by atoms with van der Waals surface area (Å²) in [5.74, 6) is 0.403. The minimum Gasteiger partial charge on any atom is -0.485 e. The fourth-order valence-electron chi connectivity index (χ4n) is 2.40. The largest absolute Gasteiger partial charge is 0.485 e. The van der Waals surface area contributed by atoms with Gasteiger partial charge in [-0.2, -0.15) is 13.2 Å². The number of halogens is 3. The zero-order valence-electron chi connectivity index (χ0n) is 15.8. The maximum Gasteiger partial charge on any atom is 0.443 e. The van der Waals surface area contributed by atoms with Gasteiger partial charge in [0.25, 0.3) is 0 Å². The number of aromatic nitrogens is 1. The average molecular weight is 434 g/mol. The summed E-state index contributed by atoms with van der Waals surface area (Å²) in [6.07, 6.45) is -4.46. The summed E-state index contributed by atoms with van der Waals surface area (Å²) in [7, 11) is 0. The topological polar surface area (TPSA) is 60.8 Å². The number of ketones is 1. The summed E-state index contributed by atoms with van der Waals surface area (Å²) in [5, 5.41) is 4.28. The molecule has 3 rings (SSSR count). The van der Waals surface area contributed by atoms with Crippen LogP contribution < -0.4 is 4.74 Å². The Morgan fingerprint density at radius 3 is 2.40 bits per heavy atom. The molecule has 0 amide bonds. The van der Waals surface area contributed by atoms with Crippen molar-refractivity contribution in [3.8, 4) is 5.75 Å². The molecular weight excluding hydrogens is 417 g/mol. The molecule has 1 heterocycles. The summed E-state index contributed by atoms with van der Waals surface area (Å²) >= 11 is 0.516. The molecule has 0 atom stereocenters. The van der Waals surface area contributed by atoms with Crippen molar-refractivity contribution >= 4 is 22.8 Å². The van der Waals surface area contributed by atoms with Gasteiger partial charge in [0.1, 0.15) is 5.75 Å². The highest BCUT2D eigenvalue weighted by Crippen LogP contribution is 2.31. The Morgan fingerprint density at radius 1 is 1.07 bits per heavy atom. The van der Waals surface area contributed by atoms with E-state index < -0.39 is 11.2 Å². The molecule has 0 aliphatic heterocycles. The normalized spacial score (nSPS) is 11.9. The third-order valence-electron chi connectivity index (χ3n) is 3.95. The van der Waals surface area contributed by atoms with Crippen LogP contribution in [0.2, 0.25) is 0 Å². The number of benzene rings is 2. The van der Waals surface area contributed by atoms with E-state index in [1.807, 2.05) is 6.07 Å². The first kappa shape index (κ1) is 21.5. The Bertz CT molecular complexity index is 1020. The van der Waals surface area contributed by atoms with Gasteiger partial charge >= 0.3 is 6.18 Å². The fourth-order valence-corrected chi connectivity index (χ4v) is 3.07. The first-order chi connectivity index (χ1) is 14.3. The molecule has 156 valence electrons. The maximum absolute atomic E-state index is 12.5. The summed E-state index contributed by atoms with van der Waals surface area (Å²) in [6.45, 7) is 1.47. The molecule has 9 heteroatoms. The minimum atomic E-state index is -4.46. The van der Waals surface area contributed by atoms with Crippen LogP contribution in [0.15, 0.2) is 65.1 Å². The molecule has 0 aliphatic carbocycles. The van der Waals surface area contributed by atoms with Gasteiger partial charge in [0, 0.05) is 10.9 Å². The van der Waals surface area contributed by atoms with Crippen molar-refractivity contribution in [3.05, 3.63) is 81.8 Å². The van der Waals surface area contributed by atoms with Crippen LogP contribution in [-0.4, -0.2) is 23.1 Å². The van der Waals surface area contributed by atoms with Crippen molar-refractivity contribution in [1.82, 2.24) is 4.98 Å². The lowest BCUT2D eigenvalue weighted by atomic mass is 10.1. The predicted molar refractivity (Wildman–Crippen MR) is 107 cm³/mol. The van der Waals surface area contributed by atoms with E-state index in [1.54, 1.807) is 55.5 Å². The number of oxime groups is 1. The highest BCUT2D eigenvalue weighted by Gasteiger charge is 2.34. The number of hydrogen-bond donors (Lipinski definition) is 0. The molecule has 0 N–H and O–H groups in total. The van der Waals surface area contributed by atoms with Crippen LogP contribution in [0.5, 0.6) is 5.75 Å². The number of carbonyl (C=O) groups is 1. The molecular formula is C21H17F3N2O3S. The van der Waals surface area contributed by atoms with E-state index in [0.717, 1.165) is 5.56 Å². The van der Waals surface area contributed by atoms with E-state index in [0.29, 0.717) is 28.4 Å². The Morgan fingerprint density at radius 2 is 1.77 bits per heavy atom. The average Bonchev–Trinajstić information content (AvgIpc) is 3.22. The van der Waals surface area contributed by atoms with Crippen molar-refractivity contribution in [2.24, 2.45) is 5.16 Å². The zero-order chi connectivity index (χ0) is 21.6. The van der Waals surface area contributed by atoms with Crippen molar-refractivity contribution < 1.29 is 27.5 Å². The van der Waals surface area contributed by atoms with E-state index in [4.69, 9.17) is 9.57 Å². The van der Waals surface area contributed by atoms with Gasteiger partial charge in [-0.3, -0.25) is 4.79 Å². The predicted octanol–water partition coefficient (Wildman–Crippen LogP) is 5.36. The molecule has 1 aromatic heterocycles. The van der Waals surface area contributed by atoms with Gasteiger partial charge in [-0.05, 0) is 36.8 Å². The SMILES string of the molecule is CC(=NOCc1csc(C(F)(F)F)n1)c1ccc(OCC(=O)c2ccccc2)cc1. The number of alkyl halides is 3. The Labute approximate surface area is 174 Å². The van der Waals surface area contributed by atoms with Gasteiger partial charge in [0.15, 0.2) is 24.0 Å². The summed E-state index contributed by atoms with van der Waals surface area (Å²) in [4.78, 5) is 20.6. The van der Waals surface area contributed by atoms with Crippen LogP contribution in [0, 0.1) is 0 Å². The molecule has 5 nitrogen and oxygen atoms in total. The van der Waals surface area contributed by atoms with Gasteiger partial charge in [-0.25, -0.2) is 4.98 Å². The fraction of sp³-hybridized carbons (Fsp3) is 0.190. The lowest BCUT2D eigenvalue weighted by Gasteiger charge is -2.07. The van der Waals surface area contributed by atoms with Gasteiger partial charge in [-0.15, -0.1) is 11.3 Å². The third-order valence-corrected chi connectivity index (χ3v) is 4.88. The number of hydrogen-bond acceptors (Lipinski definition) is 6. The van der Waals surface area contributed by atoms with Gasteiger partial charge < -0.3 is 9.57 Å². The molecule has 3 aromatic rings. The molecule has 0 unspecified atom stereocenters. The Balaban J connectivity index is 1.51. The van der Waals surface area contributed by atoms with Crippen molar-refractivity contribution in [2.75, 3.05) is 6.61 Å². The smallest absolute Gasteiger partial charge is 0.443 e. The third kappa shape index (κ3) is 5.90. The lowest BCUT2D eigenvalue weighted by Crippen LogP contribution is -2.11. The second-order valence-electron chi connectivity index (χ2n) is 6.19. The second-order valence-corrected chi connectivity index (χ2v) is 7.05. The van der Waals surface area contributed by atoms with Crippen LogP contribution in [0.1, 0.15) is 33.5 Å². The van der Waals surface area contributed by atoms with E-state index in [2.05, 4.69) is 10.1 Å². The second kappa shape index (κ2) is 9.53. The van der Waals surface area contributed by atoms with E-state index in [-0.39, 0.29) is 24.7 Å². The number of carbonyl (C=O) groups excluding carboxylic acids is 1. The molecule has 0 aliphatic rings. The first-order valence-corrected chi connectivity index (χ1v) is 9.70. The van der Waals surface area contributed by atoms with Crippen molar-refractivity contribution in [3.63, 3.8) is 0 Å². The molecule has 0 saturated heterocycles. The number of thiazole rings is 1. The maximum atomic E-state index is 12.5. The number of ether oxygens (including phenoxy) is 1. The monoisotopic (exact) mass is 434 g/mol. The Hall–Kier alpha value is -3.20. The number of Topliss-reactive ketones (excluding diaryl/α,β-unsaturated/α-hetero) is 1. The minimum absolute atomic E-state index is 0.0763. The van der Waals surface area contributed by atoms with Gasteiger partial charge in [0.2, 0.25) is 0 Å². The van der Waals surface area contributed by atoms with E-state index in [9.17, 15) is 18.0 Å². The van der Waals surface area contributed by atoms with Crippen LogP contribution in [0.4, 0.5) is 13.2 Å². The van der Waals surface area contributed by atoms with Crippen LogP contribution >= 0.6 is 11.3 Å². The Kier molecular flexibility index (Phi) is 6.83. The van der Waals surface area contributed by atoms with E-state index in [1.165, 1.54) is 5.38 Å². The summed E-state index contributed by atoms with van der Waals surface area (Å²) in [5.41, 5.74) is 2.02. The highest BCUT2D eigenvalue weighted by atomic mass is 32.1. The molecule has 0 spiro atoms. The molecule has 0 bridgehead atoms. The summed E-state index contributed by atoms with van der Waals surface area (Å²) in [6, 6.07) is 15.7. The van der Waals surface area contributed by atoms with Crippen molar-refractivity contribution in [2.45, 2.75) is 19.7 Å². The van der Waals surface area contributed by atoms with Gasteiger partial charge in [0.05, 0.1) is 11.4 Å². The summed E-state index contributed by atoms with van der Waals surface area (Å²) < 4.78 is 43.1. The molecule has 0 saturated carbocycles. The number of nitrogens with zero attached hydrogens (tertiary/aromatic N) is 2. The van der Waals surface area contributed by atoms with Crippen LogP contribution in [0.25, 0.3) is 0 Å². The quantitative estimate of drug-likeness (QED) is 0.272. The highest BCUT2D eigenvalue weighted by molar-refractivity contribution is 7.09. The molecule has 0 fully saturated rings. The molecule has 30 heavy (non-hydrogen) atoms. The van der Waals surface area contributed by atoms with Gasteiger partial charge in [-0.1, -0.05) is 35.5 Å². The first-order valence-electron chi connectivity index (χ1n) is 8.82. The standard InChI is InChI=1S/C21H17F3N2O3S/c1-14(26-29-11-17-13-30-20(25-17)21(22,23)24)15-7-9-18(10-8-15)28-12-19(27)16-5-3-2-4-6-16/h2-10,13H,11-12H2,1H3. The zero-order valence-corrected chi connectivity index (χ0v) is 16.7. The molecule has 2 aromatic carbocycles. The number of rotatable bonds is 8. The molecule has 0 radical (unpaired) electrons. The van der Waals surface area contributed by atoms with Crippen LogP contribution in [0.3, 0.4) is 0 Å². The van der Waals surface area contributed by atoms with Crippen LogP contribution in [-0.2, 0) is 17.6 Å². The van der Waals surface area contributed by atoms with E-state index >= 15 is 0 Å².